The Bertz CT molecular complexity index is 2800. The number of aliphatic imine (C=N–C) groups is 1. The molecule has 7 atom stereocenters. The van der Waals surface area contributed by atoms with Crippen molar-refractivity contribution in [3.8, 4) is 10.4 Å². The van der Waals surface area contributed by atoms with Crippen LogP contribution in [0.3, 0.4) is 0 Å². The molecule has 4 aromatic rings. The number of β-amino-alcohol motifs (C(OH)–C–C–N with tert-alkyl or cyclic N) is 1. The van der Waals surface area contributed by atoms with Crippen LogP contribution >= 0.6 is 11.3 Å². The number of thiazole rings is 1. The standard InChI is InChI=1S/C56H69F3N8O9S/c1-34(37-15-17-38(18-16-37)48-36(3)62-33-77-48)63-51(71)46-27-42(68)31-67(46)52(72)49(54(4,5)6)64-47(69)32-74-24-25-75-43-12-8-13-44(28-43)76-53-55(66-20-22-73-23-21-66,29-40(30-61-53)45-14-9-19-60-35(45)2)65-50(70)39-10-7-11-41(26-39)56(57,58)59/h7,9-11,14-19,26,30,33-34,42-44,46,49,68H,8,12-13,20-25,27-29,31-32H2,1-6H3,(H,63,71)(H,64,69)(H,65,70)/t34?,42-,43-,44-,46+,49?,55?/m1/s1. The SMILES string of the molecule is Cc1ncccc1C1=CN=C(O[C@@H]2CCC[C@@H](OCCOCC(=O)NC(C(=O)N3C[C@H](O)C[C@H]3C(=O)NC(C)c3ccc(-c4scnc4C)cc3)C(C)(C)C)C2)C(NC(=O)c2cccc(C(F)(F)F)c2)(N2CCOCC2)C1. The van der Waals surface area contributed by atoms with Gasteiger partial charge in [0.2, 0.25) is 23.6 Å². The lowest BCUT2D eigenvalue weighted by molar-refractivity contribution is -0.144. The highest BCUT2D eigenvalue weighted by Gasteiger charge is 2.50. The number of rotatable bonds is 17. The van der Waals surface area contributed by atoms with Crippen molar-refractivity contribution in [2.75, 3.05) is 52.7 Å². The number of nitrogens with one attached hydrogen (secondary N) is 3. The Morgan fingerprint density at radius 2 is 1.69 bits per heavy atom. The number of halogens is 3. The van der Waals surface area contributed by atoms with Crippen molar-refractivity contribution in [1.29, 1.82) is 0 Å². The Labute approximate surface area is 451 Å². The molecule has 0 spiro atoms. The molecular formula is C56H69F3N8O9S. The van der Waals surface area contributed by atoms with Crippen LogP contribution in [0, 0.1) is 19.3 Å². The quantitative estimate of drug-likeness (QED) is 0.0777. The zero-order chi connectivity index (χ0) is 55.1. The summed E-state index contributed by atoms with van der Waals surface area (Å²) in [5.41, 5.74) is 3.64. The maximum absolute atomic E-state index is 14.2. The van der Waals surface area contributed by atoms with E-state index in [1.807, 2.05) is 76.8 Å². The van der Waals surface area contributed by atoms with Gasteiger partial charge in [-0.25, -0.2) is 9.98 Å². The second-order valence-corrected chi connectivity index (χ2v) is 22.1. The number of carbonyl (C=O) groups excluding carboxylic acids is 4. The minimum Gasteiger partial charge on any atom is -0.475 e. The molecule has 1 aliphatic carbocycles. The monoisotopic (exact) mass is 1090 g/mol. The lowest BCUT2D eigenvalue weighted by atomic mass is 9.85. The summed E-state index contributed by atoms with van der Waals surface area (Å²) in [6.45, 7) is 12.3. The molecule has 3 unspecified atom stereocenters. The Balaban J connectivity index is 0.866. The highest BCUT2D eigenvalue weighted by atomic mass is 32.1. The summed E-state index contributed by atoms with van der Waals surface area (Å²) < 4.78 is 66.1. The van der Waals surface area contributed by atoms with Crippen molar-refractivity contribution < 1.29 is 56.4 Å². The fourth-order valence-electron chi connectivity index (χ4n) is 10.4. The molecule has 414 valence electrons. The molecule has 0 bridgehead atoms. The number of ether oxygens (including phenoxy) is 4. The second-order valence-electron chi connectivity index (χ2n) is 21.2. The maximum Gasteiger partial charge on any atom is 0.416 e. The lowest BCUT2D eigenvalue weighted by Gasteiger charge is -2.48. The van der Waals surface area contributed by atoms with Crippen LogP contribution in [0.2, 0.25) is 0 Å². The molecule has 4 aliphatic rings. The first kappa shape index (κ1) is 57.1. The maximum atomic E-state index is 14.2. The number of amides is 4. The number of pyridine rings is 1. The summed E-state index contributed by atoms with van der Waals surface area (Å²) in [5, 5.41) is 19.7. The van der Waals surface area contributed by atoms with E-state index in [4.69, 9.17) is 23.9 Å². The van der Waals surface area contributed by atoms with Gasteiger partial charge in [-0.3, -0.25) is 29.1 Å². The molecule has 4 N–H and O–H groups in total. The molecule has 77 heavy (non-hydrogen) atoms. The van der Waals surface area contributed by atoms with Gasteiger partial charge in [-0.1, -0.05) is 57.2 Å². The molecule has 3 aliphatic heterocycles. The molecule has 2 aromatic carbocycles. The van der Waals surface area contributed by atoms with Crippen LogP contribution in [0.5, 0.6) is 0 Å². The first-order valence-electron chi connectivity index (χ1n) is 26.2. The highest BCUT2D eigenvalue weighted by Crippen LogP contribution is 2.38. The van der Waals surface area contributed by atoms with Crippen LogP contribution in [-0.2, 0) is 39.5 Å². The number of morpholine rings is 1. The minimum atomic E-state index is -4.66. The third-order valence-corrected chi connectivity index (χ3v) is 15.5. The molecule has 0 radical (unpaired) electrons. The van der Waals surface area contributed by atoms with E-state index >= 15 is 0 Å². The smallest absolute Gasteiger partial charge is 0.416 e. The summed E-state index contributed by atoms with van der Waals surface area (Å²) in [4.78, 5) is 73.7. The van der Waals surface area contributed by atoms with Gasteiger partial charge < -0.3 is 44.9 Å². The summed E-state index contributed by atoms with van der Waals surface area (Å²) in [6.07, 6.45) is -0.0930. The average Bonchev–Trinajstić information content (AvgIpc) is 4.04. The van der Waals surface area contributed by atoms with Crippen molar-refractivity contribution in [3.05, 3.63) is 112 Å². The second kappa shape index (κ2) is 24.7. The molecule has 5 heterocycles. The van der Waals surface area contributed by atoms with E-state index in [-0.39, 0.29) is 62.8 Å². The number of carbonyl (C=O) groups is 4. The van der Waals surface area contributed by atoms with Crippen molar-refractivity contribution in [1.82, 2.24) is 35.7 Å². The van der Waals surface area contributed by atoms with Crippen molar-refractivity contribution in [2.24, 2.45) is 10.4 Å². The number of aromatic nitrogens is 2. The third-order valence-electron chi connectivity index (χ3n) is 14.5. The van der Waals surface area contributed by atoms with Crippen LogP contribution in [0.1, 0.15) is 111 Å². The van der Waals surface area contributed by atoms with E-state index in [1.165, 1.54) is 17.0 Å². The van der Waals surface area contributed by atoms with Gasteiger partial charge in [0.15, 0.2) is 5.66 Å². The number of likely N-dealkylation sites (tertiary alicyclic amines) is 1. The first-order valence-corrected chi connectivity index (χ1v) is 27.0. The van der Waals surface area contributed by atoms with E-state index in [0.29, 0.717) is 39.1 Å². The Kier molecular flexibility index (Phi) is 18.3. The van der Waals surface area contributed by atoms with Crippen LogP contribution in [-0.4, -0.2) is 143 Å². The normalized spacial score (nSPS) is 23.1. The molecule has 3 fully saturated rings. The number of hydrogen-bond donors (Lipinski definition) is 4. The number of alkyl halides is 3. The highest BCUT2D eigenvalue weighted by molar-refractivity contribution is 7.13. The summed E-state index contributed by atoms with van der Waals surface area (Å²) in [6, 6.07) is 13.5. The van der Waals surface area contributed by atoms with Crippen LogP contribution in [0.25, 0.3) is 16.0 Å². The fraction of sp³-hybridized carbons (Fsp3) is 0.518. The fourth-order valence-corrected chi connectivity index (χ4v) is 11.2. The van der Waals surface area contributed by atoms with E-state index in [2.05, 4.69) is 25.9 Å². The number of benzene rings is 2. The molecule has 2 saturated heterocycles. The Morgan fingerprint density at radius 3 is 2.39 bits per heavy atom. The van der Waals surface area contributed by atoms with Crippen LogP contribution in [0.4, 0.5) is 13.2 Å². The first-order chi connectivity index (χ1) is 36.7. The summed E-state index contributed by atoms with van der Waals surface area (Å²) in [5.74, 6) is -1.96. The van der Waals surface area contributed by atoms with Crippen molar-refractivity contribution >= 4 is 46.4 Å². The molecular weight excluding hydrogens is 1020 g/mol. The van der Waals surface area contributed by atoms with E-state index < -0.39 is 70.7 Å². The van der Waals surface area contributed by atoms with Gasteiger partial charge in [0.05, 0.1) is 66.3 Å². The van der Waals surface area contributed by atoms with Gasteiger partial charge in [0.25, 0.3) is 5.91 Å². The summed E-state index contributed by atoms with van der Waals surface area (Å²) in [7, 11) is 0. The predicted molar refractivity (Wildman–Crippen MR) is 283 cm³/mol. The Hall–Kier alpha value is -6.10. The van der Waals surface area contributed by atoms with E-state index in [0.717, 1.165) is 63.5 Å². The van der Waals surface area contributed by atoms with Gasteiger partial charge >= 0.3 is 6.18 Å². The predicted octanol–water partition coefficient (Wildman–Crippen LogP) is 7.17. The molecule has 1 saturated carbocycles. The third kappa shape index (κ3) is 14.0. The number of aliphatic hydroxyl groups is 1. The molecule has 8 rings (SSSR count). The van der Waals surface area contributed by atoms with Gasteiger partial charge in [-0.2, -0.15) is 13.2 Å². The van der Waals surface area contributed by atoms with Gasteiger partial charge in [-0.15, -0.1) is 11.3 Å². The van der Waals surface area contributed by atoms with E-state index in [1.54, 1.807) is 35.3 Å². The van der Waals surface area contributed by atoms with Gasteiger partial charge in [0, 0.05) is 68.1 Å². The minimum absolute atomic E-state index is 0.0506. The number of aliphatic hydroxyl groups excluding tert-OH is 1. The molecule has 4 amide bonds. The van der Waals surface area contributed by atoms with Crippen LogP contribution in [0.15, 0.2) is 83.6 Å². The Morgan fingerprint density at radius 1 is 0.935 bits per heavy atom. The topological polar surface area (TPSA) is 206 Å². The molecule has 21 heteroatoms. The largest absolute Gasteiger partial charge is 0.475 e. The van der Waals surface area contributed by atoms with Gasteiger partial charge in [0.1, 0.15) is 24.8 Å². The van der Waals surface area contributed by atoms with E-state index in [9.17, 15) is 37.5 Å². The average molecular weight is 1090 g/mol. The lowest BCUT2D eigenvalue weighted by Crippen LogP contribution is -2.69. The number of nitrogens with zero attached hydrogens (tertiary/aromatic N) is 5. The summed E-state index contributed by atoms with van der Waals surface area (Å²) >= 11 is 1.56. The van der Waals surface area contributed by atoms with Crippen molar-refractivity contribution in [2.45, 2.75) is 128 Å². The zero-order valence-corrected chi connectivity index (χ0v) is 45.2. The number of hydrogen-bond acceptors (Lipinski definition) is 14. The van der Waals surface area contributed by atoms with Gasteiger partial charge in [-0.05, 0) is 86.4 Å². The van der Waals surface area contributed by atoms with Crippen molar-refractivity contribution in [3.63, 3.8) is 0 Å². The number of aryl methyl sites for hydroxylation is 2. The zero-order valence-electron chi connectivity index (χ0n) is 44.4. The molecule has 2 aromatic heterocycles. The molecule has 17 nitrogen and oxygen atoms in total. The van der Waals surface area contributed by atoms with Crippen LogP contribution < -0.4 is 16.0 Å².